The highest BCUT2D eigenvalue weighted by Gasteiger charge is 2.15. The summed E-state index contributed by atoms with van der Waals surface area (Å²) in [6.45, 7) is -0.0522. The molecule has 7 nitrogen and oxygen atoms in total. The van der Waals surface area contributed by atoms with Crippen LogP contribution in [0.15, 0.2) is 30.3 Å². The average Bonchev–Trinajstić information content (AvgIpc) is 2.38. The summed E-state index contributed by atoms with van der Waals surface area (Å²) in [5.74, 6) is -0.523. The smallest absolute Gasteiger partial charge is 0.323 e. The molecule has 1 rings (SSSR count). The lowest BCUT2D eigenvalue weighted by Gasteiger charge is -2.11. The molecule has 0 aromatic heterocycles. The van der Waals surface area contributed by atoms with Crippen LogP contribution in [-0.2, 0) is 20.8 Å². The van der Waals surface area contributed by atoms with Crippen LogP contribution in [0.5, 0.6) is 0 Å². The van der Waals surface area contributed by atoms with Crippen LogP contribution in [0.25, 0.3) is 0 Å². The van der Waals surface area contributed by atoms with E-state index in [2.05, 4.69) is 4.84 Å². The minimum absolute atomic E-state index is 0.0508. The average molecular weight is 268 g/mol. The first-order valence-corrected chi connectivity index (χ1v) is 5.83. The quantitative estimate of drug-likeness (QED) is 0.322. The molecule has 0 bridgehead atoms. The third-order valence-electron chi connectivity index (χ3n) is 2.33. The van der Waals surface area contributed by atoms with E-state index in [0.29, 0.717) is 6.42 Å². The minimum atomic E-state index is -0.886. The number of ether oxygens (including phenoxy) is 1. The molecule has 1 aromatic rings. The third-order valence-corrected chi connectivity index (χ3v) is 2.33. The Balaban J connectivity index is 2.20. The molecule has 0 saturated heterocycles. The van der Waals surface area contributed by atoms with Gasteiger partial charge in [-0.3, -0.25) is 4.79 Å². The van der Waals surface area contributed by atoms with E-state index in [1.807, 2.05) is 30.3 Å². The van der Waals surface area contributed by atoms with Crippen LogP contribution in [0.3, 0.4) is 0 Å². The fraction of sp³-hybridized carbons (Fsp3) is 0.417. The van der Waals surface area contributed by atoms with Gasteiger partial charge in [0, 0.05) is 6.42 Å². The van der Waals surface area contributed by atoms with Crippen molar-refractivity contribution in [1.29, 1.82) is 0 Å². The zero-order chi connectivity index (χ0) is 14.1. The van der Waals surface area contributed by atoms with E-state index < -0.39 is 17.1 Å². The van der Waals surface area contributed by atoms with Gasteiger partial charge in [0.05, 0.1) is 13.2 Å². The van der Waals surface area contributed by atoms with E-state index in [0.717, 1.165) is 5.56 Å². The topological polar surface area (TPSA) is 105 Å². The van der Waals surface area contributed by atoms with Crippen LogP contribution < -0.4 is 5.73 Å². The SMILES string of the molecule is N[C@@H](Cc1ccccc1)C(=O)OCCCO[N+](=O)[O-]. The van der Waals surface area contributed by atoms with E-state index >= 15 is 0 Å². The highest BCUT2D eigenvalue weighted by atomic mass is 16.9. The molecule has 1 aromatic carbocycles. The van der Waals surface area contributed by atoms with Gasteiger partial charge in [-0.2, -0.15) is 0 Å². The second-order valence-corrected chi connectivity index (χ2v) is 3.87. The number of rotatable bonds is 8. The lowest BCUT2D eigenvalue weighted by molar-refractivity contribution is -0.757. The van der Waals surface area contributed by atoms with Gasteiger partial charge < -0.3 is 15.3 Å². The lowest BCUT2D eigenvalue weighted by Crippen LogP contribution is -2.34. The van der Waals surface area contributed by atoms with Crippen LogP contribution in [-0.4, -0.2) is 30.3 Å². The van der Waals surface area contributed by atoms with Gasteiger partial charge in [0.2, 0.25) is 0 Å². The second-order valence-electron chi connectivity index (χ2n) is 3.87. The van der Waals surface area contributed by atoms with Crippen molar-refractivity contribution in [2.24, 2.45) is 5.73 Å². The molecule has 0 radical (unpaired) electrons. The standard InChI is InChI=1S/C12H16N2O5/c13-11(9-10-5-2-1-3-6-10)12(15)18-7-4-8-19-14(16)17/h1-3,5-6,11H,4,7-9,13H2/t11-/m0/s1. The monoisotopic (exact) mass is 268 g/mol. The van der Waals surface area contributed by atoms with E-state index in [-0.39, 0.29) is 19.6 Å². The van der Waals surface area contributed by atoms with Crippen molar-refractivity contribution in [1.82, 2.24) is 0 Å². The van der Waals surface area contributed by atoms with E-state index in [1.165, 1.54) is 0 Å². The number of benzene rings is 1. The maximum Gasteiger partial charge on any atom is 0.323 e. The predicted molar refractivity (Wildman–Crippen MR) is 66.6 cm³/mol. The van der Waals surface area contributed by atoms with Crippen molar-refractivity contribution >= 4 is 5.97 Å². The largest absolute Gasteiger partial charge is 0.464 e. The van der Waals surface area contributed by atoms with Crippen molar-refractivity contribution in [3.05, 3.63) is 46.0 Å². The van der Waals surface area contributed by atoms with Gasteiger partial charge in [0.1, 0.15) is 6.04 Å². The molecule has 0 unspecified atom stereocenters. The zero-order valence-electron chi connectivity index (χ0n) is 10.4. The van der Waals surface area contributed by atoms with Crippen molar-refractivity contribution in [3.8, 4) is 0 Å². The summed E-state index contributed by atoms with van der Waals surface area (Å²) in [5, 5.41) is 8.98. The van der Waals surface area contributed by atoms with Crippen LogP contribution >= 0.6 is 0 Å². The maximum absolute atomic E-state index is 11.5. The molecule has 0 aliphatic carbocycles. The Morgan fingerprint density at radius 2 is 2.00 bits per heavy atom. The van der Waals surface area contributed by atoms with Gasteiger partial charge >= 0.3 is 5.97 Å². The van der Waals surface area contributed by atoms with Crippen molar-refractivity contribution < 1.29 is 19.5 Å². The fourth-order valence-electron chi connectivity index (χ4n) is 1.43. The number of nitrogens with two attached hydrogens (primary N) is 1. The molecular weight excluding hydrogens is 252 g/mol. The summed E-state index contributed by atoms with van der Waals surface area (Å²) in [6.07, 6.45) is 0.649. The number of nitrogens with zero attached hydrogens (tertiary/aromatic N) is 1. The van der Waals surface area contributed by atoms with Crippen LogP contribution in [0.1, 0.15) is 12.0 Å². The number of carbonyl (C=O) groups excluding carboxylic acids is 1. The molecule has 19 heavy (non-hydrogen) atoms. The molecule has 1 atom stereocenters. The van der Waals surface area contributed by atoms with Gasteiger partial charge in [-0.05, 0) is 12.0 Å². The van der Waals surface area contributed by atoms with E-state index in [9.17, 15) is 14.9 Å². The van der Waals surface area contributed by atoms with Gasteiger partial charge in [0.15, 0.2) is 0 Å². The molecule has 0 aliphatic rings. The lowest BCUT2D eigenvalue weighted by atomic mass is 10.1. The molecule has 0 heterocycles. The normalized spacial score (nSPS) is 11.6. The summed E-state index contributed by atoms with van der Waals surface area (Å²) in [4.78, 5) is 25.5. The first-order chi connectivity index (χ1) is 9.09. The highest BCUT2D eigenvalue weighted by molar-refractivity contribution is 5.75. The van der Waals surface area contributed by atoms with Crippen molar-refractivity contribution in [2.75, 3.05) is 13.2 Å². The molecule has 2 N–H and O–H groups in total. The third kappa shape index (κ3) is 6.37. The number of hydrogen-bond donors (Lipinski definition) is 1. The predicted octanol–water partition coefficient (Wildman–Crippen LogP) is 0.698. The summed E-state index contributed by atoms with van der Waals surface area (Å²) in [7, 11) is 0. The van der Waals surface area contributed by atoms with Crippen molar-refractivity contribution in [3.63, 3.8) is 0 Å². The molecule has 104 valence electrons. The highest BCUT2D eigenvalue weighted by Crippen LogP contribution is 2.03. The van der Waals surface area contributed by atoms with Crippen LogP contribution in [0.2, 0.25) is 0 Å². The molecule has 0 saturated carbocycles. The van der Waals surface area contributed by atoms with Gasteiger partial charge in [-0.25, -0.2) is 0 Å². The maximum atomic E-state index is 11.5. The minimum Gasteiger partial charge on any atom is -0.464 e. The Hall–Kier alpha value is -2.15. The Bertz CT molecular complexity index is 410. The van der Waals surface area contributed by atoms with Crippen LogP contribution in [0.4, 0.5) is 0 Å². The molecule has 0 spiro atoms. The van der Waals surface area contributed by atoms with Gasteiger partial charge in [0.25, 0.3) is 5.09 Å². The molecule has 7 heteroatoms. The van der Waals surface area contributed by atoms with Crippen molar-refractivity contribution in [2.45, 2.75) is 18.9 Å². The van der Waals surface area contributed by atoms with Gasteiger partial charge in [-0.15, -0.1) is 10.1 Å². The Labute approximate surface area is 110 Å². The summed E-state index contributed by atoms with van der Waals surface area (Å²) in [5.41, 5.74) is 6.65. The first kappa shape index (κ1) is 14.9. The second kappa shape index (κ2) is 8.04. The Morgan fingerprint density at radius 1 is 1.32 bits per heavy atom. The number of hydrogen-bond acceptors (Lipinski definition) is 6. The molecule has 0 aliphatic heterocycles. The van der Waals surface area contributed by atoms with Gasteiger partial charge in [-0.1, -0.05) is 30.3 Å². The number of carbonyl (C=O) groups is 1. The molecule has 0 amide bonds. The Morgan fingerprint density at radius 3 is 2.63 bits per heavy atom. The fourth-order valence-corrected chi connectivity index (χ4v) is 1.43. The van der Waals surface area contributed by atoms with Crippen LogP contribution in [0, 0.1) is 10.1 Å². The summed E-state index contributed by atoms with van der Waals surface area (Å²) >= 11 is 0. The van der Waals surface area contributed by atoms with E-state index in [4.69, 9.17) is 10.5 Å². The molecule has 0 fully saturated rings. The first-order valence-electron chi connectivity index (χ1n) is 5.83. The zero-order valence-corrected chi connectivity index (χ0v) is 10.4. The number of esters is 1. The summed E-state index contributed by atoms with van der Waals surface area (Å²) < 4.78 is 4.89. The summed E-state index contributed by atoms with van der Waals surface area (Å²) in [6, 6.07) is 8.61. The Kier molecular flexibility index (Phi) is 6.31. The van der Waals surface area contributed by atoms with E-state index in [1.54, 1.807) is 0 Å². The molecular formula is C12H16N2O5.